The fourth-order valence-electron chi connectivity index (χ4n) is 0.947. The summed E-state index contributed by atoms with van der Waals surface area (Å²) >= 11 is 0. The Morgan fingerprint density at radius 3 is 2.62 bits per heavy atom. The molecule has 0 unspecified atom stereocenters. The second-order valence-electron chi connectivity index (χ2n) is 2.54. The van der Waals surface area contributed by atoms with Crippen LogP contribution in [-0.2, 0) is 19.0 Å². The van der Waals surface area contributed by atoms with Crippen LogP contribution in [0, 0.1) is 0 Å². The Kier molecular flexibility index (Phi) is 5.98. The highest BCUT2D eigenvalue weighted by molar-refractivity contribution is 5.85. The van der Waals surface area contributed by atoms with E-state index < -0.39 is 12.1 Å². The third-order valence-electron chi connectivity index (χ3n) is 1.69. The molecule has 1 saturated heterocycles. The van der Waals surface area contributed by atoms with Crippen molar-refractivity contribution in [2.45, 2.75) is 12.2 Å². The standard InChI is InChI=1S/C7H13NO4.ClH/c1-10-7(9)6-4-11-5(2-8)3-12-6;/h5-6H,2-4,8H2,1H3;1H/t5-,6-;/m0./s1. The molecule has 0 aromatic carbocycles. The van der Waals surface area contributed by atoms with Crippen LogP contribution in [0.5, 0.6) is 0 Å². The Balaban J connectivity index is 0.00000144. The molecule has 2 N–H and O–H groups in total. The van der Waals surface area contributed by atoms with Crippen LogP contribution in [0.3, 0.4) is 0 Å². The lowest BCUT2D eigenvalue weighted by molar-refractivity contribution is -0.177. The van der Waals surface area contributed by atoms with Crippen molar-refractivity contribution in [3.63, 3.8) is 0 Å². The minimum Gasteiger partial charge on any atom is -0.467 e. The van der Waals surface area contributed by atoms with E-state index in [1.165, 1.54) is 7.11 Å². The van der Waals surface area contributed by atoms with Crippen LogP contribution in [0.15, 0.2) is 0 Å². The van der Waals surface area contributed by atoms with E-state index in [1.807, 2.05) is 0 Å². The molecule has 0 aromatic heterocycles. The van der Waals surface area contributed by atoms with Crippen LogP contribution in [0.2, 0.25) is 0 Å². The van der Waals surface area contributed by atoms with Gasteiger partial charge in [0.05, 0.1) is 26.4 Å². The molecule has 0 aromatic rings. The summed E-state index contributed by atoms with van der Waals surface area (Å²) in [6.07, 6.45) is -0.677. The third-order valence-corrected chi connectivity index (χ3v) is 1.69. The minimum absolute atomic E-state index is 0. The molecule has 0 aliphatic carbocycles. The van der Waals surface area contributed by atoms with Crippen molar-refractivity contribution in [3.05, 3.63) is 0 Å². The van der Waals surface area contributed by atoms with Gasteiger partial charge >= 0.3 is 5.97 Å². The number of hydrogen-bond acceptors (Lipinski definition) is 5. The molecule has 0 radical (unpaired) electrons. The van der Waals surface area contributed by atoms with Crippen LogP contribution >= 0.6 is 12.4 Å². The predicted molar refractivity (Wildman–Crippen MR) is 47.8 cm³/mol. The number of rotatable bonds is 2. The zero-order chi connectivity index (χ0) is 8.97. The zero-order valence-corrected chi connectivity index (χ0v) is 8.21. The maximum atomic E-state index is 10.9. The molecule has 0 saturated carbocycles. The van der Waals surface area contributed by atoms with Gasteiger partial charge in [0.15, 0.2) is 6.10 Å². The van der Waals surface area contributed by atoms with Crippen molar-refractivity contribution in [1.82, 2.24) is 0 Å². The topological polar surface area (TPSA) is 70.8 Å². The van der Waals surface area contributed by atoms with Gasteiger partial charge in [-0.3, -0.25) is 0 Å². The Morgan fingerprint density at radius 1 is 1.54 bits per heavy atom. The smallest absolute Gasteiger partial charge is 0.337 e. The molecule has 1 heterocycles. The summed E-state index contributed by atoms with van der Waals surface area (Å²) in [5, 5.41) is 0. The van der Waals surface area contributed by atoms with Gasteiger partial charge in [0.25, 0.3) is 0 Å². The van der Waals surface area contributed by atoms with Crippen LogP contribution in [0.1, 0.15) is 0 Å². The number of hydrogen-bond donors (Lipinski definition) is 1. The van der Waals surface area contributed by atoms with Crippen molar-refractivity contribution in [2.75, 3.05) is 26.9 Å². The lowest BCUT2D eigenvalue weighted by Gasteiger charge is -2.26. The molecule has 2 atom stereocenters. The summed E-state index contributed by atoms with van der Waals surface area (Å²) in [5.41, 5.74) is 5.34. The zero-order valence-electron chi connectivity index (χ0n) is 7.39. The predicted octanol–water partition coefficient (Wildman–Crippen LogP) is -0.676. The number of carbonyl (C=O) groups excluding carboxylic acids is 1. The van der Waals surface area contributed by atoms with Crippen molar-refractivity contribution in [2.24, 2.45) is 5.73 Å². The Bertz CT molecular complexity index is 159. The SMILES string of the molecule is COC(=O)[C@@H]1CO[C@@H](CN)CO1.Cl. The largest absolute Gasteiger partial charge is 0.467 e. The lowest BCUT2D eigenvalue weighted by Crippen LogP contribution is -2.43. The van der Waals surface area contributed by atoms with E-state index >= 15 is 0 Å². The van der Waals surface area contributed by atoms with E-state index in [9.17, 15) is 4.79 Å². The molecule has 13 heavy (non-hydrogen) atoms. The summed E-state index contributed by atoms with van der Waals surface area (Å²) in [4.78, 5) is 10.9. The molecule has 5 nitrogen and oxygen atoms in total. The van der Waals surface area contributed by atoms with E-state index in [0.29, 0.717) is 13.2 Å². The first-order valence-corrected chi connectivity index (χ1v) is 3.79. The molecular weight excluding hydrogens is 198 g/mol. The molecule has 0 bridgehead atoms. The number of methoxy groups -OCH3 is 1. The minimum atomic E-state index is -0.585. The summed E-state index contributed by atoms with van der Waals surface area (Å²) < 4.78 is 14.8. The first kappa shape index (κ1) is 12.6. The number of ether oxygens (including phenoxy) is 3. The molecule has 1 aliphatic heterocycles. The second-order valence-corrected chi connectivity index (χ2v) is 2.54. The van der Waals surface area contributed by atoms with Gasteiger partial charge in [-0.05, 0) is 0 Å². The molecule has 78 valence electrons. The maximum Gasteiger partial charge on any atom is 0.337 e. The first-order chi connectivity index (χ1) is 5.77. The lowest BCUT2D eigenvalue weighted by atomic mass is 10.3. The van der Waals surface area contributed by atoms with Gasteiger partial charge in [0.1, 0.15) is 0 Å². The fourth-order valence-corrected chi connectivity index (χ4v) is 0.947. The molecule has 0 amide bonds. The molecule has 1 aliphatic rings. The highest BCUT2D eigenvalue weighted by Gasteiger charge is 2.27. The second kappa shape index (κ2) is 6.15. The molecule has 1 rings (SSSR count). The molecule has 0 spiro atoms. The highest BCUT2D eigenvalue weighted by atomic mass is 35.5. The summed E-state index contributed by atoms with van der Waals surface area (Å²) in [6.45, 7) is 0.999. The summed E-state index contributed by atoms with van der Waals surface area (Å²) in [5.74, 6) is -0.398. The van der Waals surface area contributed by atoms with E-state index in [4.69, 9.17) is 15.2 Å². The van der Waals surface area contributed by atoms with E-state index in [1.54, 1.807) is 0 Å². The van der Waals surface area contributed by atoms with Crippen LogP contribution in [0.25, 0.3) is 0 Å². The average molecular weight is 212 g/mol. The number of halogens is 1. The van der Waals surface area contributed by atoms with Gasteiger partial charge in [0.2, 0.25) is 0 Å². The molecule has 1 fully saturated rings. The maximum absolute atomic E-state index is 10.9. The Labute approximate surface area is 82.9 Å². The van der Waals surface area contributed by atoms with Gasteiger partial charge in [0, 0.05) is 6.54 Å². The average Bonchev–Trinajstić information content (AvgIpc) is 2.17. The van der Waals surface area contributed by atoms with Crippen molar-refractivity contribution < 1.29 is 19.0 Å². The van der Waals surface area contributed by atoms with Crippen LogP contribution in [0.4, 0.5) is 0 Å². The number of carbonyl (C=O) groups is 1. The van der Waals surface area contributed by atoms with Crippen molar-refractivity contribution in [3.8, 4) is 0 Å². The molecule has 6 heteroatoms. The Morgan fingerprint density at radius 2 is 2.23 bits per heavy atom. The quantitative estimate of drug-likeness (QED) is 0.613. The third kappa shape index (κ3) is 3.48. The Hall–Kier alpha value is -0.360. The highest BCUT2D eigenvalue weighted by Crippen LogP contribution is 2.07. The van der Waals surface area contributed by atoms with Crippen molar-refractivity contribution in [1.29, 1.82) is 0 Å². The van der Waals surface area contributed by atoms with Gasteiger partial charge in [-0.15, -0.1) is 12.4 Å². The molecular formula is C7H14ClNO4. The van der Waals surface area contributed by atoms with Gasteiger partial charge in [-0.2, -0.15) is 0 Å². The fraction of sp³-hybridized carbons (Fsp3) is 0.857. The summed E-state index contributed by atoms with van der Waals surface area (Å²) in [6, 6.07) is 0. The number of nitrogens with two attached hydrogens (primary N) is 1. The number of esters is 1. The van der Waals surface area contributed by atoms with E-state index in [-0.39, 0.29) is 25.1 Å². The normalized spacial score (nSPS) is 27.5. The van der Waals surface area contributed by atoms with Gasteiger partial charge < -0.3 is 19.9 Å². The van der Waals surface area contributed by atoms with Gasteiger partial charge in [-0.25, -0.2) is 4.79 Å². The monoisotopic (exact) mass is 211 g/mol. The first-order valence-electron chi connectivity index (χ1n) is 3.79. The van der Waals surface area contributed by atoms with Gasteiger partial charge in [-0.1, -0.05) is 0 Å². The van der Waals surface area contributed by atoms with E-state index in [2.05, 4.69) is 4.74 Å². The van der Waals surface area contributed by atoms with Crippen molar-refractivity contribution >= 4 is 18.4 Å². The van der Waals surface area contributed by atoms with Crippen LogP contribution < -0.4 is 5.73 Å². The van der Waals surface area contributed by atoms with E-state index in [0.717, 1.165) is 0 Å². The summed E-state index contributed by atoms with van der Waals surface area (Å²) in [7, 11) is 1.32. The van der Waals surface area contributed by atoms with Crippen LogP contribution in [-0.4, -0.2) is 45.0 Å².